The summed E-state index contributed by atoms with van der Waals surface area (Å²) in [4.78, 5) is 11.4. The average molecular weight is 336 g/mol. The molecule has 0 spiro atoms. The molecule has 0 radical (unpaired) electrons. The number of nitrogens with one attached hydrogen (secondary N) is 1. The van der Waals surface area contributed by atoms with Crippen molar-refractivity contribution >= 4 is 16.7 Å². The summed E-state index contributed by atoms with van der Waals surface area (Å²) >= 11 is 0. The third kappa shape index (κ3) is 3.24. The number of nitrogens with zero attached hydrogens (tertiary/aromatic N) is 1. The number of hydrogen-bond donors (Lipinski definition) is 1. The van der Waals surface area contributed by atoms with E-state index in [2.05, 4.69) is 5.43 Å². The van der Waals surface area contributed by atoms with Gasteiger partial charge in [-0.1, -0.05) is 43.7 Å². The van der Waals surface area contributed by atoms with E-state index >= 15 is 0 Å². The number of halogens is 3. The van der Waals surface area contributed by atoms with Crippen molar-refractivity contribution in [2.45, 2.75) is 38.4 Å². The molecule has 1 aliphatic heterocycles. The number of rotatable bonds is 4. The minimum atomic E-state index is -4.47. The number of hydrogen-bond acceptors (Lipinski definition) is 2. The van der Waals surface area contributed by atoms with E-state index in [9.17, 15) is 18.0 Å². The highest BCUT2D eigenvalue weighted by atomic mass is 19.4. The van der Waals surface area contributed by atoms with Gasteiger partial charge < -0.3 is 0 Å². The SMILES string of the molecule is CCCc1cc2ccccc2cc1C(N1CCC(=O)N1)C(F)(F)F. The molecular formula is C18H19F3N2O. The van der Waals surface area contributed by atoms with Crippen molar-refractivity contribution in [1.29, 1.82) is 0 Å². The first-order chi connectivity index (χ1) is 11.4. The molecule has 0 saturated carbocycles. The first-order valence-corrected chi connectivity index (χ1v) is 8.04. The van der Waals surface area contributed by atoms with Crippen molar-refractivity contribution in [3.8, 4) is 0 Å². The third-order valence-electron chi connectivity index (χ3n) is 4.29. The Hall–Kier alpha value is -2.08. The molecule has 0 aliphatic carbocycles. The molecule has 2 aromatic rings. The molecule has 1 atom stereocenters. The number of aryl methyl sites for hydroxylation is 1. The van der Waals surface area contributed by atoms with Gasteiger partial charge in [-0.2, -0.15) is 13.2 Å². The number of amides is 1. The fourth-order valence-electron chi connectivity index (χ4n) is 3.25. The minimum absolute atomic E-state index is 0.0569. The van der Waals surface area contributed by atoms with Crippen LogP contribution in [-0.2, 0) is 11.2 Å². The molecule has 0 bridgehead atoms. The zero-order valence-corrected chi connectivity index (χ0v) is 13.4. The molecule has 3 nitrogen and oxygen atoms in total. The van der Waals surface area contributed by atoms with Crippen LogP contribution in [0, 0.1) is 0 Å². The van der Waals surface area contributed by atoms with Crippen LogP contribution in [0.3, 0.4) is 0 Å². The quantitative estimate of drug-likeness (QED) is 0.910. The van der Waals surface area contributed by atoms with Crippen LogP contribution in [0.4, 0.5) is 13.2 Å². The molecule has 1 N–H and O–H groups in total. The van der Waals surface area contributed by atoms with Crippen molar-refractivity contribution < 1.29 is 18.0 Å². The van der Waals surface area contributed by atoms with Crippen LogP contribution in [0.15, 0.2) is 36.4 Å². The van der Waals surface area contributed by atoms with Crippen LogP contribution < -0.4 is 5.43 Å². The number of benzene rings is 2. The van der Waals surface area contributed by atoms with Gasteiger partial charge >= 0.3 is 6.18 Å². The summed E-state index contributed by atoms with van der Waals surface area (Å²) in [6, 6.07) is 9.03. The van der Waals surface area contributed by atoms with E-state index in [-0.39, 0.29) is 24.4 Å². The lowest BCUT2D eigenvalue weighted by Crippen LogP contribution is -2.44. The molecule has 2 aromatic carbocycles. The van der Waals surface area contributed by atoms with Crippen molar-refractivity contribution in [1.82, 2.24) is 10.4 Å². The van der Waals surface area contributed by atoms with Crippen LogP contribution in [0.25, 0.3) is 10.8 Å². The van der Waals surface area contributed by atoms with Crippen molar-refractivity contribution in [3.63, 3.8) is 0 Å². The number of hydrazine groups is 1. The first-order valence-electron chi connectivity index (χ1n) is 8.04. The molecule has 1 fully saturated rings. The third-order valence-corrected chi connectivity index (χ3v) is 4.29. The van der Waals surface area contributed by atoms with E-state index < -0.39 is 12.2 Å². The van der Waals surface area contributed by atoms with Crippen LogP contribution in [0.2, 0.25) is 0 Å². The highest BCUT2D eigenvalue weighted by molar-refractivity contribution is 5.84. The number of carbonyl (C=O) groups excluding carboxylic acids is 1. The first kappa shape index (κ1) is 16.8. The lowest BCUT2D eigenvalue weighted by Gasteiger charge is -2.31. The Kier molecular flexibility index (Phi) is 4.49. The van der Waals surface area contributed by atoms with E-state index in [0.717, 1.165) is 22.2 Å². The molecule has 3 rings (SSSR count). The van der Waals surface area contributed by atoms with Crippen molar-refractivity contribution in [2.75, 3.05) is 6.54 Å². The molecule has 1 heterocycles. The van der Waals surface area contributed by atoms with Gasteiger partial charge in [-0.05, 0) is 34.4 Å². The summed E-state index contributed by atoms with van der Waals surface area (Å²) in [5, 5.41) is 2.72. The van der Waals surface area contributed by atoms with Crippen LogP contribution in [-0.4, -0.2) is 23.6 Å². The summed E-state index contributed by atoms with van der Waals surface area (Å²) in [5.41, 5.74) is 3.26. The maximum atomic E-state index is 13.8. The standard InChI is InChI=1S/C18H19F3N2O/c1-2-5-14-10-12-6-3-4-7-13(12)11-15(14)17(18(19,20)21)23-9-8-16(24)22-23/h3-4,6-7,10-11,17H,2,5,8-9H2,1H3,(H,22,24). The van der Waals surface area contributed by atoms with Gasteiger partial charge in [0.1, 0.15) is 6.04 Å². The van der Waals surface area contributed by atoms with Crippen molar-refractivity contribution in [2.24, 2.45) is 0 Å². The van der Waals surface area contributed by atoms with Crippen LogP contribution >= 0.6 is 0 Å². The Bertz CT molecular complexity index is 758. The average Bonchev–Trinajstić information content (AvgIpc) is 2.92. The molecular weight excluding hydrogens is 317 g/mol. The molecule has 1 unspecified atom stereocenters. The summed E-state index contributed by atoms with van der Waals surface area (Å²) in [6.45, 7) is 2.00. The number of carbonyl (C=O) groups is 1. The van der Waals surface area contributed by atoms with E-state index in [4.69, 9.17) is 0 Å². The van der Waals surface area contributed by atoms with Gasteiger partial charge in [0.15, 0.2) is 0 Å². The smallest absolute Gasteiger partial charge is 0.288 e. The number of alkyl halides is 3. The highest BCUT2D eigenvalue weighted by Crippen LogP contribution is 2.40. The van der Waals surface area contributed by atoms with Crippen LogP contribution in [0.1, 0.15) is 36.9 Å². The molecule has 128 valence electrons. The van der Waals surface area contributed by atoms with Gasteiger partial charge in [0, 0.05) is 13.0 Å². The maximum Gasteiger partial charge on any atom is 0.409 e. The van der Waals surface area contributed by atoms with Crippen molar-refractivity contribution in [3.05, 3.63) is 47.5 Å². The minimum Gasteiger partial charge on any atom is -0.288 e. The molecule has 24 heavy (non-hydrogen) atoms. The Labute approximate surface area is 138 Å². The second-order valence-electron chi connectivity index (χ2n) is 6.07. The predicted octanol–water partition coefficient (Wildman–Crippen LogP) is 4.13. The summed E-state index contributed by atoms with van der Waals surface area (Å²) < 4.78 is 41.4. The van der Waals surface area contributed by atoms with E-state index in [0.29, 0.717) is 12.0 Å². The second kappa shape index (κ2) is 6.43. The maximum absolute atomic E-state index is 13.8. The Morgan fingerprint density at radius 3 is 2.42 bits per heavy atom. The fraction of sp³-hybridized carbons (Fsp3) is 0.389. The lowest BCUT2D eigenvalue weighted by atomic mass is 9.92. The molecule has 6 heteroatoms. The summed E-state index contributed by atoms with van der Waals surface area (Å²) in [7, 11) is 0. The molecule has 1 saturated heterocycles. The van der Waals surface area contributed by atoms with E-state index in [1.807, 2.05) is 37.3 Å². The normalized spacial score (nSPS) is 17.2. The topological polar surface area (TPSA) is 32.3 Å². The summed E-state index contributed by atoms with van der Waals surface area (Å²) in [5.74, 6) is -0.373. The Balaban J connectivity index is 2.14. The zero-order chi connectivity index (χ0) is 17.3. The van der Waals surface area contributed by atoms with Gasteiger partial charge in [0.05, 0.1) is 0 Å². The molecule has 0 aromatic heterocycles. The molecule has 1 amide bonds. The monoisotopic (exact) mass is 336 g/mol. The lowest BCUT2D eigenvalue weighted by molar-refractivity contribution is -0.191. The van der Waals surface area contributed by atoms with Gasteiger partial charge in [-0.15, -0.1) is 0 Å². The highest BCUT2D eigenvalue weighted by Gasteiger charge is 2.47. The van der Waals surface area contributed by atoms with Gasteiger partial charge in [-0.25, -0.2) is 5.01 Å². The predicted molar refractivity (Wildman–Crippen MR) is 86.2 cm³/mol. The Morgan fingerprint density at radius 2 is 1.88 bits per heavy atom. The van der Waals surface area contributed by atoms with E-state index in [1.54, 1.807) is 6.07 Å². The summed E-state index contributed by atoms with van der Waals surface area (Å²) in [6.07, 6.45) is -3.07. The van der Waals surface area contributed by atoms with Crippen LogP contribution in [0.5, 0.6) is 0 Å². The molecule has 1 aliphatic rings. The second-order valence-corrected chi connectivity index (χ2v) is 6.07. The Morgan fingerprint density at radius 1 is 1.21 bits per heavy atom. The van der Waals surface area contributed by atoms with Gasteiger partial charge in [0.2, 0.25) is 5.91 Å². The van der Waals surface area contributed by atoms with Gasteiger partial charge in [-0.3, -0.25) is 10.2 Å². The van der Waals surface area contributed by atoms with E-state index in [1.165, 1.54) is 0 Å². The largest absolute Gasteiger partial charge is 0.409 e. The number of fused-ring (bicyclic) bond motifs is 1. The fourth-order valence-corrected chi connectivity index (χ4v) is 3.25. The van der Waals surface area contributed by atoms with Gasteiger partial charge in [0.25, 0.3) is 0 Å². The zero-order valence-electron chi connectivity index (χ0n) is 13.4.